The summed E-state index contributed by atoms with van der Waals surface area (Å²) in [7, 11) is 1.57. The molecule has 0 aromatic heterocycles. The second-order valence-corrected chi connectivity index (χ2v) is 3.34. The topological polar surface area (TPSA) is 18.5 Å². The minimum Gasteiger partial charge on any atom is -0.239 e. The van der Waals surface area contributed by atoms with Crippen molar-refractivity contribution >= 4 is 0 Å². The van der Waals surface area contributed by atoms with Crippen LogP contribution in [0.2, 0.25) is 0 Å². The first-order chi connectivity index (χ1) is 6.42. The molecule has 2 rings (SSSR count). The molecule has 1 atom stereocenters. The molecule has 1 aliphatic carbocycles. The highest BCUT2D eigenvalue weighted by molar-refractivity contribution is 5.31. The monoisotopic (exact) mass is 178 g/mol. The Labute approximate surface area is 78.4 Å². The molecule has 0 amide bonds. The number of aryl methyl sites for hydroxylation is 1. The lowest BCUT2D eigenvalue weighted by atomic mass is 9.90. The maximum absolute atomic E-state index is 5.21. The van der Waals surface area contributed by atoms with Crippen LogP contribution in [0.1, 0.15) is 30.1 Å². The van der Waals surface area contributed by atoms with Crippen molar-refractivity contribution in [3.05, 3.63) is 35.4 Å². The van der Waals surface area contributed by atoms with E-state index in [-0.39, 0.29) is 6.10 Å². The lowest BCUT2D eigenvalue weighted by Crippen LogP contribution is -2.12. The van der Waals surface area contributed by atoms with Gasteiger partial charge in [0.05, 0.1) is 7.11 Å². The predicted octanol–water partition coefficient (Wildman–Crippen LogP) is 2.64. The number of benzene rings is 1. The summed E-state index contributed by atoms with van der Waals surface area (Å²) in [5, 5.41) is 0. The van der Waals surface area contributed by atoms with Crippen molar-refractivity contribution in [1.29, 1.82) is 0 Å². The Balaban J connectivity index is 2.26. The summed E-state index contributed by atoms with van der Waals surface area (Å²) >= 11 is 0. The van der Waals surface area contributed by atoms with E-state index in [2.05, 4.69) is 24.3 Å². The Kier molecular flexibility index (Phi) is 2.62. The molecule has 0 saturated heterocycles. The number of rotatable bonds is 2. The van der Waals surface area contributed by atoms with Crippen molar-refractivity contribution in [2.75, 3.05) is 7.11 Å². The van der Waals surface area contributed by atoms with Crippen LogP contribution in [0.4, 0.5) is 0 Å². The van der Waals surface area contributed by atoms with E-state index in [1.165, 1.54) is 24.0 Å². The van der Waals surface area contributed by atoms with E-state index < -0.39 is 0 Å². The van der Waals surface area contributed by atoms with Crippen molar-refractivity contribution in [2.45, 2.75) is 25.4 Å². The van der Waals surface area contributed by atoms with Crippen LogP contribution in [0, 0.1) is 0 Å². The van der Waals surface area contributed by atoms with Gasteiger partial charge in [-0.1, -0.05) is 24.3 Å². The first kappa shape index (κ1) is 8.73. The maximum atomic E-state index is 5.21. The zero-order valence-electron chi connectivity index (χ0n) is 7.82. The van der Waals surface area contributed by atoms with Crippen LogP contribution >= 0.6 is 0 Å². The van der Waals surface area contributed by atoms with Gasteiger partial charge < -0.3 is 0 Å². The van der Waals surface area contributed by atoms with E-state index in [1.807, 2.05) is 0 Å². The quantitative estimate of drug-likeness (QED) is 0.512. The molecule has 0 N–H and O–H groups in total. The molecule has 13 heavy (non-hydrogen) atoms. The third-order valence-corrected chi connectivity index (χ3v) is 2.53. The molecule has 1 aromatic carbocycles. The minimum absolute atomic E-state index is 0.134. The minimum atomic E-state index is 0.134. The van der Waals surface area contributed by atoms with Gasteiger partial charge in [0.2, 0.25) is 0 Å². The Hall–Kier alpha value is -0.860. The summed E-state index contributed by atoms with van der Waals surface area (Å²) in [4.78, 5) is 9.95. The molecule has 1 aromatic rings. The summed E-state index contributed by atoms with van der Waals surface area (Å²) in [6.45, 7) is 0. The standard InChI is InChI=1S/C11H14O2/c1-12-13-11-8-4-6-9-5-2-3-7-10(9)11/h2-3,5,7,11H,4,6,8H2,1H3. The van der Waals surface area contributed by atoms with Crippen LogP contribution in [0.25, 0.3) is 0 Å². The van der Waals surface area contributed by atoms with Gasteiger partial charge >= 0.3 is 0 Å². The lowest BCUT2D eigenvalue weighted by molar-refractivity contribution is -0.310. The van der Waals surface area contributed by atoms with Crippen molar-refractivity contribution in [1.82, 2.24) is 0 Å². The van der Waals surface area contributed by atoms with E-state index in [1.54, 1.807) is 7.11 Å². The molecule has 1 unspecified atom stereocenters. The third-order valence-electron chi connectivity index (χ3n) is 2.53. The normalized spacial score (nSPS) is 21.2. The van der Waals surface area contributed by atoms with Crippen molar-refractivity contribution in [2.24, 2.45) is 0 Å². The van der Waals surface area contributed by atoms with E-state index >= 15 is 0 Å². The SMILES string of the molecule is COOC1CCCc2ccccc21. The Morgan fingerprint density at radius 1 is 1.31 bits per heavy atom. The molecular formula is C11H14O2. The fraction of sp³-hybridized carbons (Fsp3) is 0.455. The molecule has 0 radical (unpaired) electrons. The van der Waals surface area contributed by atoms with E-state index in [0.29, 0.717) is 0 Å². The zero-order valence-corrected chi connectivity index (χ0v) is 7.82. The maximum Gasteiger partial charge on any atom is 0.118 e. The van der Waals surface area contributed by atoms with Gasteiger partial charge in [0.1, 0.15) is 6.10 Å². The van der Waals surface area contributed by atoms with Crippen LogP contribution in [0.5, 0.6) is 0 Å². The van der Waals surface area contributed by atoms with Crippen molar-refractivity contribution in [3.8, 4) is 0 Å². The highest BCUT2D eigenvalue weighted by atomic mass is 17.2. The Bertz CT molecular complexity index is 283. The van der Waals surface area contributed by atoms with Crippen molar-refractivity contribution in [3.63, 3.8) is 0 Å². The molecule has 0 bridgehead atoms. The predicted molar refractivity (Wildman–Crippen MR) is 50.2 cm³/mol. The van der Waals surface area contributed by atoms with Gasteiger partial charge in [-0.15, -0.1) is 0 Å². The molecule has 1 aliphatic rings. The second-order valence-electron chi connectivity index (χ2n) is 3.34. The third kappa shape index (κ3) is 1.74. The van der Waals surface area contributed by atoms with Gasteiger partial charge in [-0.05, 0) is 30.4 Å². The number of hydrogen-bond donors (Lipinski definition) is 0. The molecule has 0 fully saturated rings. The summed E-state index contributed by atoms with van der Waals surface area (Å²) in [6, 6.07) is 8.42. The van der Waals surface area contributed by atoms with Crippen LogP contribution in [-0.2, 0) is 16.2 Å². The lowest BCUT2D eigenvalue weighted by Gasteiger charge is -2.23. The molecule has 2 heteroatoms. The molecule has 70 valence electrons. The van der Waals surface area contributed by atoms with Crippen LogP contribution in [0.15, 0.2) is 24.3 Å². The second kappa shape index (κ2) is 3.90. The molecule has 0 aliphatic heterocycles. The first-order valence-corrected chi connectivity index (χ1v) is 4.69. The van der Waals surface area contributed by atoms with Gasteiger partial charge in [-0.25, -0.2) is 9.78 Å². The summed E-state index contributed by atoms with van der Waals surface area (Å²) in [5.74, 6) is 0. The number of hydrogen-bond acceptors (Lipinski definition) is 2. The largest absolute Gasteiger partial charge is 0.239 e. The van der Waals surface area contributed by atoms with Crippen LogP contribution < -0.4 is 0 Å². The molecule has 0 spiro atoms. The average Bonchev–Trinajstić information content (AvgIpc) is 2.19. The van der Waals surface area contributed by atoms with Gasteiger partial charge in [0.15, 0.2) is 0 Å². The van der Waals surface area contributed by atoms with Crippen molar-refractivity contribution < 1.29 is 9.78 Å². The molecular weight excluding hydrogens is 164 g/mol. The molecule has 2 nitrogen and oxygen atoms in total. The smallest absolute Gasteiger partial charge is 0.118 e. The summed E-state index contributed by atoms with van der Waals surface area (Å²) in [6.07, 6.45) is 3.55. The molecule has 0 heterocycles. The van der Waals surface area contributed by atoms with Gasteiger partial charge in [0, 0.05) is 0 Å². The fourth-order valence-electron chi connectivity index (χ4n) is 1.93. The fourth-order valence-corrected chi connectivity index (χ4v) is 1.93. The van der Waals surface area contributed by atoms with Gasteiger partial charge in [-0.3, -0.25) is 0 Å². The summed E-state index contributed by atoms with van der Waals surface area (Å²) in [5.41, 5.74) is 2.69. The van der Waals surface area contributed by atoms with E-state index in [4.69, 9.17) is 9.78 Å². The van der Waals surface area contributed by atoms with E-state index in [0.717, 1.165) is 6.42 Å². The van der Waals surface area contributed by atoms with Crippen LogP contribution in [-0.4, -0.2) is 7.11 Å². The zero-order chi connectivity index (χ0) is 9.10. The number of fused-ring (bicyclic) bond motifs is 1. The summed E-state index contributed by atoms with van der Waals surface area (Å²) < 4.78 is 0. The highest BCUT2D eigenvalue weighted by Gasteiger charge is 2.20. The molecule has 0 saturated carbocycles. The highest BCUT2D eigenvalue weighted by Crippen LogP contribution is 2.31. The Morgan fingerprint density at radius 2 is 2.15 bits per heavy atom. The Morgan fingerprint density at radius 3 is 3.00 bits per heavy atom. The van der Waals surface area contributed by atoms with Crippen LogP contribution in [0.3, 0.4) is 0 Å². The first-order valence-electron chi connectivity index (χ1n) is 4.69. The van der Waals surface area contributed by atoms with Gasteiger partial charge in [0.25, 0.3) is 0 Å². The van der Waals surface area contributed by atoms with Gasteiger partial charge in [-0.2, -0.15) is 0 Å². The average molecular weight is 178 g/mol. The van der Waals surface area contributed by atoms with E-state index in [9.17, 15) is 0 Å².